The van der Waals surface area contributed by atoms with Crippen LogP contribution in [0.4, 0.5) is 5.69 Å². The summed E-state index contributed by atoms with van der Waals surface area (Å²) in [5.74, 6) is 0.474. The third-order valence-electron chi connectivity index (χ3n) is 5.15. The molecule has 0 radical (unpaired) electrons. The average Bonchev–Trinajstić information content (AvgIpc) is 3.10. The number of hydrogen-bond donors (Lipinski definition) is 1. The molecule has 0 bridgehead atoms. The van der Waals surface area contributed by atoms with E-state index in [9.17, 15) is 0 Å². The van der Waals surface area contributed by atoms with Gasteiger partial charge in [0.2, 0.25) is 0 Å². The lowest BCUT2D eigenvalue weighted by Gasteiger charge is -2.25. The zero-order valence-electron chi connectivity index (χ0n) is 11.8. The van der Waals surface area contributed by atoms with Crippen molar-refractivity contribution in [3.05, 3.63) is 69.4 Å². The van der Waals surface area contributed by atoms with Gasteiger partial charge in [-0.3, -0.25) is 0 Å². The van der Waals surface area contributed by atoms with Crippen LogP contribution < -0.4 is 15.1 Å². The van der Waals surface area contributed by atoms with Gasteiger partial charge in [-0.1, -0.05) is 42.5 Å². The fourth-order valence-corrected chi connectivity index (χ4v) is 5.50. The van der Waals surface area contributed by atoms with Gasteiger partial charge in [0.05, 0.1) is 6.04 Å². The van der Waals surface area contributed by atoms with Crippen molar-refractivity contribution in [2.24, 2.45) is 0 Å². The van der Waals surface area contributed by atoms with Gasteiger partial charge in [0.1, 0.15) is 0 Å². The summed E-state index contributed by atoms with van der Waals surface area (Å²) in [5, 5.41) is 6.59. The first-order valence-electron chi connectivity index (χ1n) is 7.71. The molecule has 2 unspecified atom stereocenters. The second-order valence-corrected chi connectivity index (χ2v) is 7.33. The van der Waals surface area contributed by atoms with Crippen LogP contribution in [0, 0.1) is 0 Å². The van der Waals surface area contributed by atoms with Crippen LogP contribution in [0.15, 0.2) is 48.5 Å². The Bertz CT molecular complexity index is 1120. The van der Waals surface area contributed by atoms with Crippen molar-refractivity contribution in [1.82, 2.24) is 0 Å². The second-order valence-electron chi connectivity index (χ2n) is 6.25. The minimum Gasteiger partial charge on any atom is -0.378 e. The quantitative estimate of drug-likeness (QED) is 0.670. The van der Waals surface area contributed by atoms with Gasteiger partial charge in [-0.2, -0.15) is 0 Å². The second kappa shape index (κ2) is 3.71. The van der Waals surface area contributed by atoms with Crippen molar-refractivity contribution in [2.45, 2.75) is 12.0 Å². The van der Waals surface area contributed by atoms with Crippen LogP contribution in [-0.4, -0.2) is 6.04 Å². The van der Waals surface area contributed by atoms with Crippen LogP contribution in [-0.2, 0) is 0 Å². The molecule has 0 spiro atoms. The Balaban J connectivity index is 1.84. The van der Waals surface area contributed by atoms with Crippen LogP contribution >= 0.6 is 11.3 Å². The number of benzene rings is 2. The highest BCUT2D eigenvalue weighted by Crippen LogP contribution is 2.47. The van der Waals surface area contributed by atoms with Crippen molar-refractivity contribution in [2.75, 3.05) is 5.32 Å². The molecule has 2 heteroatoms. The lowest BCUT2D eigenvalue weighted by Crippen LogP contribution is -2.35. The van der Waals surface area contributed by atoms with E-state index >= 15 is 0 Å². The molecule has 6 rings (SSSR count). The number of rotatable bonds is 0. The molecule has 2 aliphatic carbocycles. The Morgan fingerprint density at radius 2 is 1.91 bits per heavy atom. The van der Waals surface area contributed by atoms with E-state index < -0.39 is 0 Å². The first-order valence-corrected chi connectivity index (χ1v) is 8.53. The standard InChI is InChI=1S/C20H13NS/c1-2-7-16-12(5-1)19-13-9-8-11-4-3-6-14-18(11)20(13)15(21-14)10-17(19)22-16/h1-10,15,20-21H. The van der Waals surface area contributed by atoms with Crippen molar-refractivity contribution < 1.29 is 0 Å². The molecule has 3 aromatic rings. The third kappa shape index (κ3) is 1.21. The van der Waals surface area contributed by atoms with Gasteiger partial charge in [0, 0.05) is 31.4 Å². The lowest BCUT2D eigenvalue weighted by atomic mass is 9.78. The van der Waals surface area contributed by atoms with E-state index in [2.05, 4.69) is 66.0 Å². The minimum absolute atomic E-state index is 0.400. The predicted octanol–water partition coefficient (Wildman–Crippen LogP) is 3.45. The van der Waals surface area contributed by atoms with Crippen LogP contribution in [0.3, 0.4) is 0 Å². The molecule has 1 aromatic heterocycles. The van der Waals surface area contributed by atoms with E-state index in [-0.39, 0.29) is 0 Å². The zero-order chi connectivity index (χ0) is 14.3. The van der Waals surface area contributed by atoms with Crippen molar-refractivity contribution in [1.29, 1.82) is 0 Å². The van der Waals surface area contributed by atoms with Gasteiger partial charge in [-0.15, -0.1) is 11.3 Å². The maximum Gasteiger partial charge on any atom is 0.0571 e. The number of nitrogens with one attached hydrogen (secondary N) is 1. The Kier molecular flexibility index (Phi) is 1.90. The number of thiophene rings is 1. The van der Waals surface area contributed by atoms with Crippen molar-refractivity contribution in [3.63, 3.8) is 0 Å². The first kappa shape index (κ1) is 11.3. The van der Waals surface area contributed by atoms with E-state index in [0.29, 0.717) is 12.0 Å². The summed E-state index contributed by atoms with van der Waals surface area (Å²) in [6.07, 6.45) is 7.08. The Morgan fingerprint density at radius 1 is 0.955 bits per heavy atom. The summed E-state index contributed by atoms with van der Waals surface area (Å²) in [6.45, 7) is 0. The topological polar surface area (TPSA) is 12.0 Å². The smallest absolute Gasteiger partial charge is 0.0571 e. The minimum atomic E-state index is 0.400. The zero-order valence-corrected chi connectivity index (χ0v) is 12.7. The SMILES string of the molecule is C1=Cc2cccc3c2C2C1=c1c(sc4ccccc14)=CC2N3. The van der Waals surface area contributed by atoms with Crippen LogP contribution in [0.5, 0.6) is 0 Å². The highest BCUT2D eigenvalue weighted by Gasteiger charge is 2.38. The molecule has 0 saturated carbocycles. The van der Waals surface area contributed by atoms with Crippen LogP contribution in [0.1, 0.15) is 17.0 Å². The van der Waals surface area contributed by atoms with E-state index in [1.807, 2.05) is 11.3 Å². The maximum atomic E-state index is 3.72. The molecular weight excluding hydrogens is 286 g/mol. The first-order chi connectivity index (χ1) is 10.9. The molecule has 0 fully saturated rings. The maximum absolute atomic E-state index is 3.72. The van der Waals surface area contributed by atoms with Gasteiger partial charge in [0.25, 0.3) is 0 Å². The summed E-state index contributed by atoms with van der Waals surface area (Å²) in [7, 11) is 0. The molecule has 3 aliphatic rings. The van der Waals surface area contributed by atoms with Gasteiger partial charge in [0.15, 0.2) is 0 Å². The summed E-state index contributed by atoms with van der Waals surface area (Å²) in [5.41, 5.74) is 5.66. The fourth-order valence-electron chi connectivity index (χ4n) is 4.30. The predicted molar refractivity (Wildman–Crippen MR) is 94.6 cm³/mol. The van der Waals surface area contributed by atoms with Gasteiger partial charge < -0.3 is 5.32 Å². The third-order valence-corrected chi connectivity index (χ3v) is 6.29. The molecule has 2 aromatic carbocycles. The Hall–Kier alpha value is -2.32. The van der Waals surface area contributed by atoms with Gasteiger partial charge >= 0.3 is 0 Å². The van der Waals surface area contributed by atoms with E-state index in [1.165, 1.54) is 42.2 Å². The highest BCUT2D eigenvalue weighted by molar-refractivity contribution is 7.17. The molecule has 0 saturated heterocycles. The Morgan fingerprint density at radius 3 is 2.91 bits per heavy atom. The summed E-state index contributed by atoms with van der Waals surface area (Å²) in [4.78, 5) is 0. The fraction of sp³-hybridized carbons (Fsp3) is 0.100. The molecule has 22 heavy (non-hydrogen) atoms. The number of allylic oxidation sites excluding steroid dienone is 1. The van der Waals surface area contributed by atoms with Gasteiger partial charge in [-0.25, -0.2) is 0 Å². The largest absolute Gasteiger partial charge is 0.378 e. The molecule has 1 N–H and O–H groups in total. The number of hydrogen-bond acceptors (Lipinski definition) is 2. The molecule has 2 heterocycles. The highest BCUT2D eigenvalue weighted by atomic mass is 32.1. The molecule has 2 atom stereocenters. The Labute approximate surface area is 131 Å². The summed E-state index contributed by atoms with van der Waals surface area (Å²) in [6, 6.07) is 15.8. The van der Waals surface area contributed by atoms with Crippen LogP contribution in [0.25, 0.3) is 27.8 Å². The normalized spacial score (nSPS) is 23.0. The van der Waals surface area contributed by atoms with E-state index in [4.69, 9.17) is 0 Å². The molecule has 0 amide bonds. The lowest BCUT2D eigenvalue weighted by molar-refractivity contribution is 0.851. The van der Waals surface area contributed by atoms with E-state index in [0.717, 1.165) is 0 Å². The van der Waals surface area contributed by atoms with Crippen molar-refractivity contribution in [3.8, 4) is 0 Å². The van der Waals surface area contributed by atoms with E-state index in [1.54, 1.807) is 0 Å². The molecule has 1 nitrogen and oxygen atoms in total. The molecular formula is C20H13NS. The molecule has 104 valence electrons. The van der Waals surface area contributed by atoms with Crippen LogP contribution in [0.2, 0.25) is 0 Å². The van der Waals surface area contributed by atoms with Gasteiger partial charge in [-0.05, 0) is 34.9 Å². The number of fused-ring (bicyclic) bond motifs is 3. The summed E-state index contributed by atoms with van der Waals surface area (Å²) >= 11 is 1.92. The monoisotopic (exact) mass is 299 g/mol. The molecule has 1 aliphatic heterocycles. The summed E-state index contributed by atoms with van der Waals surface area (Å²) < 4.78 is 2.81. The average molecular weight is 299 g/mol. The number of anilines is 1. The van der Waals surface area contributed by atoms with Crippen molar-refractivity contribution >= 4 is 44.8 Å².